The summed E-state index contributed by atoms with van der Waals surface area (Å²) in [6.07, 6.45) is 0. The van der Waals surface area contributed by atoms with Gasteiger partial charge in [-0.2, -0.15) is 0 Å². The molecule has 3 aromatic carbocycles. The first-order valence-electron chi connectivity index (χ1n) is 9.97. The van der Waals surface area contributed by atoms with Gasteiger partial charge in [-0.3, -0.25) is 4.31 Å². The van der Waals surface area contributed by atoms with Crippen LogP contribution in [-0.4, -0.2) is 17.3 Å². The second kappa shape index (κ2) is 7.98. The maximum absolute atomic E-state index is 13.5. The van der Waals surface area contributed by atoms with E-state index in [2.05, 4.69) is 71.0 Å². The summed E-state index contributed by atoms with van der Waals surface area (Å²) in [5.74, 6) is 0. The highest BCUT2D eigenvalue weighted by Gasteiger charge is 2.28. The number of rotatable bonds is 4. The number of nitrogens with zero attached hydrogens (tertiary/aromatic N) is 2. The van der Waals surface area contributed by atoms with Gasteiger partial charge in [-0.15, -0.1) is 22.7 Å². The van der Waals surface area contributed by atoms with E-state index in [4.69, 9.17) is 0 Å². The molecule has 2 aromatic heterocycles. The molecule has 0 saturated heterocycles. The Kier molecular flexibility index (Phi) is 4.99. The molecule has 0 spiro atoms. The molecule has 1 unspecified atom stereocenters. The SMILES string of the molecule is O=S(c1cc2ccccc2s1)N1CCN(Sc2cc3ccccc3s2)c2ccccc21. The number of para-hydroxylation sites is 2. The zero-order valence-corrected chi connectivity index (χ0v) is 19.7. The van der Waals surface area contributed by atoms with Crippen molar-refractivity contribution in [2.45, 2.75) is 8.42 Å². The molecule has 5 aromatic rings. The van der Waals surface area contributed by atoms with Gasteiger partial charge in [0.25, 0.3) is 0 Å². The highest BCUT2D eigenvalue weighted by atomic mass is 32.2. The summed E-state index contributed by atoms with van der Waals surface area (Å²) in [6, 6.07) is 29.4. The molecule has 0 bridgehead atoms. The van der Waals surface area contributed by atoms with E-state index in [0.717, 1.165) is 34.1 Å². The molecule has 0 fully saturated rings. The van der Waals surface area contributed by atoms with Gasteiger partial charge in [0.05, 0.1) is 22.1 Å². The van der Waals surface area contributed by atoms with Crippen LogP contribution in [0.4, 0.5) is 11.4 Å². The van der Waals surface area contributed by atoms with Crippen LogP contribution < -0.4 is 8.61 Å². The monoisotopic (exact) mass is 478 g/mol. The van der Waals surface area contributed by atoms with Crippen molar-refractivity contribution in [2.24, 2.45) is 0 Å². The van der Waals surface area contributed by atoms with Gasteiger partial charge < -0.3 is 4.31 Å². The quantitative estimate of drug-likeness (QED) is 0.256. The lowest BCUT2D eigenvalue weighted by Crippen LogP contribution is -2.38. The summed E-state index contributed by atoms with van der Waals surface area (Å²) in [6.45, 7) is 1.53. The zero-order valence-electron chi connectivity index (χ0n) is 16.4. The van der Waals surface area contributed by atoms with Crippen LogP contribution in [0, 0.1) is 0 Å². The third kappa shape index (κ3) is 3.55. The average Bonchev–Trinajstić information content (AvgIpc) is 3.42. The van der Waals surface area contributed by atoms with Crippen LogP contribution in [-0.2, 0) is 11.0 Å². The predicted molar refractivity (Wildman–Crippen MR) is 137 cm³/mol. The van der Waals surface area contributed by atoms with Crippen molar-refractivity contribution < 1.29 is 4.21 Å². The molecule has 6 rings (SSSR count). The van der Waals surface area contributed by atoms with Gasteiger partial charge in [0, 0.05) is 15.9 Å². The van der Waals surface area contributed by atoms with Crippen molar-refractivity contribution in [2.75, 3.05) is 21.7 Å². The maximum atomic E-state index is 13.5. The largest absolute Gasteiger partial charge is 0.308 e. The minimum absolute atomic E-state index is 0.718. The topological polar surface area (TPSA) is 23.6 Å². The summed E-state index contributed by atoms with van der Waals surface area (Å²) in [7, 11) is -1.22. The Labute approximate surface area is 195 Å². The van der Waals surface area contributed by atoms with E-state index in [1.165, 1.54) is 19.0 Å². The van der Waals surface area contributed by atoms with Gasteiger partial charge >= 0.3 is 0 Å². The Morgan fingerprint density at radius 1 is 0.742 bits per heavy atom. The Balaban J connectivity index is 1.32. The summed E-state index contributed by atoms with van der Waals surface area (Å²) < 4.78 is 22.6. The van der Waals surface area contributed by atoms with Crippen LogP contribution in [0.25, 0.3) is 20.2 Å². The van der Waals surface area contributed by atoms with Gasteiger partial charge in [0.2, 0.25) is 0 Å². The fraction of sp³-hybridized carbons (Fsp3) is 0.0833. The van der Waals surface area contributed by atoms with E-state index in [1.807, 2.05) is 33.8 Å². The lowest BCUT2D eigenvalue weighted by molar-refractivity contribution is 0.679. The number of hydrogen-bond donors (Lipinski definition) is 0. The Morgan fingerprint density at radius 3 is 2.13 bits per heavy atom. The van der Waals surface area contributed by atoms with Crippen LogP contribution >= 0.6 is 34.6 Å². The van der Waals surface area contributed by atoms with Crippen molar-refractivity contribution in [3.63, 3.8) is 0 Å². The van der Waals surface area contributed by atoms with Crippen LogP contribution in [0.1, 0.15) is 0 Å². The molecular formula is C24H18N2OS4. The average molecular weight is 479 g/mol. The molecular weight excluding hydrogens is 461 g/mol. The molecule has 1 aliphatic heterocycles. The van der Waals surface area contributed by atoms with E-state index in [1.54, 1.807) is 23.3 Å². The Bertz CT molecular complexity index is 1360. The highest BCUT2D eigenvalue weighted by molar-refractivity contribution is 8.02. The molecule has 0 N–H and O–H groups in total. The third-order valence-electron chi connectivity index (χ3n) is 5.30. The van der Waals surface area contributed by atoms with Gasteiger partial charge in [0.15, 0.2) is 11.0 Å². The summed E-state index contributed by atoms with van der Waals surface area (Å²) in [5, 5.41) is 2.44. The molecule has 31 heavy (non-hydrogen) atoms. The first kappa shape index (κ1) is 19.4. The minimum atomic E-state index is -1.22. The van der Waals surface area contributed by atoms with Gasteiger partial charge in [-0.05, 0) is 59.1 Å². The zero-order chi connectivity index (χ0) is 20.8. The molecule has 0 amide bonds. The first-order valence-corrected chi connectivity index (χ1v) is 13.5. The fourth-order valence-corrected chi connectivity index (χ4v) is 8.79. The fourth-order valence-electron chi connectivity index (χ4n) is 3.84. The third-order valence-corrected chi connectivity index (χ3v) is 10.4. The lowest BCUT2D eigenvalue weighted by Gasteiger charge is -2.36. The van der Waals surface area contributed by atoms with Crippen LogP contribution in [0.5, 0.6) is 0 Å². The van der Waals surface area contributed by atoms with Crippen molar-refractivity contribution in [3.8, 4) is 0 Å². The van der Waals surface area contributed by atoms with Crippen LogP contribution in [0.15, 0.2) is 93.3 Å². The second-order valence-corrected chi connectivity index (χ2v) is 12.4. The Morgan fingerprint density at radius 2 is 1.39 bits per heavy atom. The molecule has 154 valence electrons. The van der Waals surface area contributed by atoms with Gasteiger partial charge in [0.1, 0.15) is 4.21 Å². The normalized spacial score (nSPS) is 14.8. The van der Waals surface area contributed by atoms with Crippen molar-refractivity contribution in [3.05, 3.63) is 84.9 Å². The van der Waals surface area contributed by atoms with Gasteiger partial charge in [-0.1, -0.05) is 48.5 Å². The van der Waals surface area contributed by atoms with Crippen LogP contribution in [0.2, 0.25) is 0 Å². The molecule has 3 nitrogen and oxygen atoms in total. The molecule has 1 aliphatic rings. The second-order valence-electron chi connectivity index (χ2n) is 7.24. The standard InChI is InChI=1S/C24H18N2OS4/c27-31(24-16-18-8-2-6-12-22(18)29-24)26-14-13-25(19-9-3-4-10-20(19)26)30-23-15-17-7-1-5-11-21(17)28-23/h1-12,15-16H,13-14H2. The molecule has 0 saturated carbocycles. The van der Waals surface area contributed by atoms with E-state index >= 15 is 0 Å². The van der Waals surface area contributed by atoms with Crippen molar-refractivity contribution in [1.29, 1.82) is 0 Å². The number of fused-ring (bicyclic) bond motifs is 3. The van der Waals surface area contributed by atoms with Crippen molar-refractivity contribution in [1.82, 2.24) is 0 Å². The van der Waals surface area contributed by atoms with E-state index < -0.39 is 11.0 Å². The number of anilines is 2. The highest BCUT2D eigenvalue weighted by Crippen LogP contribution is 2.43. The predicted octanol–water partition coefficient (Wildman–Crippen LogP) is 7.17. The molecule has 3 heterocycles. The molecule has 1 atom stereocenters. The molecule has 0 aliphatic carbocycles. The molecule has 0 radical (unpaired) electrons. The number of thiophene rings is 2. The maximum Gasteiger partial charge on any atom is 0.163 e. The van der Waals surface area contributed by atoms with Gasteiger partial charge in [-0.25, -0.2) is 4.21 Å². The minimum Gasteiger partial charge on any atom is -0.308 e. The van der Waals surface area contributed by atoms with Crippen LogP contribution in [0.3, 0.4) is 0 Å². The number of benzene rings is 3. The summed E-state index contributed by atoms with van der Waals surface area (Å²) in [5.41, 5.74) is 2.14. The summed E-state index contributed by atoms with van der Waals surface area (Å²) >= 11 is 5.22. The lowest BCUT2D eigenvalue weighted by atomic mass is 10.2. The molecule has 7 heteroatoms. The summed E-state index contributed by atoms with van der Waals surface area (Å²) in [4.78, 5) is 0. The van der Waals surface area contributed by atoms with E-state index in [0.29, 0.717) is 0 Å². The Hall–Kier alpha value is -2.32. The van der Waals surface area contributed by atoms with E-state index in [-0.39, 0.29) is 0 Å². The number of hydrogen-bond acceptors (Lipinski definition) is 5. The first-order chi connectivity index (χ1) is 15.3. The smallest absolute Gasteiger partial charge is 0.163 e. The van der Waals surface area contributed by atoms with E-state index in [9.17, 15) is 4.21 Å². The van der Waals surface area contributed by atoms with Crippen molar-refractivity contribution >= 4 is 77.2 Å².